The molecule has 0 aliphatic carbocycles. The third-order valence-corrected chi connectivity index (χ3v) is 2.23. The molecular weight excluding hydrogens is 202 g/mol. The molecule has 3 N–H and O–H groups in total. The predicted molar refractivity (Wildman–Crippen MR) is 65.0 cm³/mol. The van der Waals surface area contributed by atoms with Gasteiger partial charge in [-0.15, -0.1) is 0 Å². The number of nitrogens with one attached hydrogen (secondary N) is 3. The lowest BCUT2D eigenvalue weighted by Gasteiger charge is -2.07. The van der Waals surface area contributed by atoms with Gasteiger partial charge in [0.15, 0.2) is 0 Å². The molecule has 4 nitrogen and oxygen atoms in total. The molecule has 1 amide bonds. The summed E-state index contributed by atoms with van der Waals surface area (Å²) in [4.78, 5) is 14.3. The van der Waals surface area contributed by atoms with E-state index in [1.54, 1.807) is 0 Å². The highest BCUT2D eigenvalue weighted by molar-refractivity contribution is 5.76. The average Bonchev–Trinajstić information content (AvgIpc) is 2.74. The molecule has 0 unspecified atom stereocenters. The first kappa shape index (κ1) is 12.8. The van der Waals surface area contributed by atoms with Crippen molar-refractivity contribution < 1.29 is 4.79 Å². The summed E-state index contributed by atoms with van der Waals surface area (Å²) >= 11 is 0. The lowest BCUT2D eigenvalue weighted by Crippen LogP contribution is -2.30. The largest absolute Gasteiger partial charge is 0.367 e. The molecule has 1 rings (SSSR count). The van der Waals surface area contributed by atoms with Crippen LogP contribution in [-0.4, -0.2) is 24.0 Å². The van der Waals surface area contributed by atoms with Gasteiger partial charge in [0.25, 0.3) is 0 Å². The molecule has 0 aromatic carbocycles. The van der Waals surface area contributed by atoms with Gasteiger partial charge in [-0.25, -0.2) is 0 Å². The molecule has 0 radical (unpaired) electrons. The van der Waals surface area contributed by atoms with Crippen molar-refractivity contribution in [1.29, 1.82) is 0 Å². The van der Waals surface area contributed by atoms with E-state index >= 15 is 0 Å². The first-order valence-corrected chi connectivity index (χ1v) is 5.77. The number of carbonyl (C=O) groups excluding carboxylic acids is 1. The zero-order valence-corrected chi connectivity index (χ0v) is 10.0. The van der Waals surface area contributed by atoms with Gasteiger partial charge >= 0.3 is 0 Å². The van der Waals surface area contributed by atoms with E-state index in [2.05, 4.69) is 29.5 Å². The number of hydrogen-bond acceptors (Lipinski definition) is 2. The smallest absolute Gasteiger partial charge is 0.221 e. The van der Waals surface area contributed by atoms with Gasteiger partial charge in [0.2, 0.25) is 5.91 Å². The van der Waals surface area contributed by atoms with Crippen LogP contribution in [0.1, 0.15) is 25.8 Å². The normalized spacial score (nSPS) is 10.7. The minimum atomic E-state index is 0.121. The average molecular weight is 223 g/mol. The first-order valence-electron chi connectivity index (χ1n) is 5.77. The SMILES string of the molecule is CC(C)CNC(=O)CCNCc1cc[nH]c1. The molecule has 16 heavy (non-hydrogen) atoms. The fraction of sp³-hybridized carbons (Fsp3) is 0.583. The molecule has 1 aromatic heterocycles. The Bertz CT molecular complexity index is 293. The molecule has 1 heterocycles. The second-order valence-corrected chi connectivity index (χ2v) is 4.34. The maximum Gasteiger partial charge on any atom is 0.221 e. The van der Waals surface area contributed by atoms with Gasteiger partial charge in [-0.1, -0.05) is 13.8 Å². The van der Waals surface area contributed by atoms with Crippen LogP contribution in [0.2, 0.25) is 0 Å². The highest BCUT2D eigenvalue weighted by Crippen LogP contribution is 1.94. The van der Waals surface area contributed by atoms with E-state index < -0.39 is 0 Å². The second kappa shape index (κ2) is 7.06. The van der Waals surface area contributed by atoms with E-state index in [4.69, 9.17) is 0 Å². The van der Waals surface area contributed by atoms with Crippen molar-refractivity contribution in [2.45, 2.75) is 26.8 Å². The number of amides is 1. The Morgan fingerprint density at radius 2 is 2.31 bits per heavy atom. The molecule has 4 heteroatoms. The van der Waals surface area contributed by atoms with Gasteiger partial charge in [0, 0.05) is 38.4 Å². The molecule has 1 aromatic rings. The predicted octanol–water partition coefficient (Wildman–Crippen LogP) is 1.27. The van der Waals surface area contributed by atoms with Crippen molar-refractivity contribution in [2.75, 3.05) is 13.1 Å². The topological polar surface area (TPSA) is 56.9 Å². The molecule has 0 spiro atoms. The van der Waals surface area contributed by atoms with Crippen molar-refractivity contribution >= 4 is 5.91 Å². The van der Waals surface area contributed by atoms with Crippen LogP contribution >= 0.6 is 0 Å². The quantitative estimate of drug-likeness (QED) is 0.610. The summed E-state index contributed by atoms with van der Waals surface area (Å²) in [6, 6.07) is 2.02. The van der Waals surface area contributed by atoms with E-state index in [0.29, 0.717) is 12.3 Å². The van der Waals surface area contributed by atoms with Gasteiger partial charge in [0.05, 0.1) is 0 Å². The van der Waals surface area contributed by atoms with Crippen LogP contribution in [0.5, 0.6) is 0 Å². The Balaban J connectivity index is 2.00. The van der Waals surface area contributed by atoms with Crippen molar-refractivity contribution in [3.05, 3.63) is 24.0 Å². The summed E-state index contributed by atoms with van der Waals surface area (Å²) in [5.41, 5.74) is 1.21. The Labute approximate surface area is 96.8 Å². The van der Waals surface area contributed by atoms with Crippen LogP contribution < -0.4 is 10.6 Å². The number of hydrogen-bond donors (Lipinski definition) is 3. The lowest BCUT2D eigenvalue weighted by molar-refractivity contribution is -0.121. The zero-order valence-electron chi connectivity index (χ0n) is 10.0. The summed E-state index contributed by atoms with van der Waals surface area (Å²) in [5, 5.41) is 6.12. The van der Waals surface area contributed by atoms with Gasteiger partial charge in [0.1, 0.15) is 0 Å². The summed E-state index contributed by atoms with van der Waals surface area (Å²) in [6.07, 6.45) is 4.38. The summed E-state index contributed by atoms with van der Waals surface area (Å²) in [7, 11) is 0. The fourth-order valence-electron chi connectivity index (χ4n) is 1.31. The van der Waals surface area contributed by atoms with Crippen LogP contribution in [0.15, 0.2) is 18.5 Å². The molecular formula is C12H21N3O. The Hall–Kier alpha value is -1.29. The summed E-state index contributed by atoms with van der Waals surface area (Å²) < 4.78 is 0. The summed E-state index contributed by atoms with van der Waals surface area (Å²) in [5.74, 6) is 0.632. The fourth-order valence-corrected chi connectivity index (χ4v) is 1.31. The third kappa shape index (κ3) is 5.56. The van der Waals surface area contributed by atoms with Crippen molar-refractivity contribution in [2.24, 2.45) is 5.92 Å². The van der Waals surface area contributed by atoms with E-state index in [1.165, 1.54) is 5.56 Å². The van der Waals surface area contributed by atoms with Crippen molar-refractivity contribution in [1.82, 2.24) is 15.6 Å². The number of H-pyrrole nitrogens is 1. The van der Waals surface area contributed by atoms with E-state index in [0.717, 1.165) is 19.6 Å². The molecule has 0 bridgehead atoms. The number of rotatable bonds is 7. The van der Waals surface area contributed by atoms with Crippen LogP contribution in [0.25, 0.3) is 0 Å². The Morgan fingerprint density at radius 3 is 2.94 bits per heavy atom. The molecule has 0 fully saturated rings. The second-order valence-electron chi connectivity index (χ2n) is 4.34. The molecule has 90 valence electrons. The number of aromatic nitrogens is 1. The minimum absolute atomic E-state index is 0.121. The van der Waals surface area contributed by atoms with Crippen LogP contribution in [0.4, 0.5) is 0 Å². The van der Waals surface area contributed by atoms with Crippen LogP contribution in [-0.2, 0) is 11.3 Å². The third-order valence-electron chi connectivity index (χ3n) is 2.23. The molecule has 0 saturated carbocycles. The minimum Gasteiger partial charge on any atom is -0.367 e. The van der Waals surface area contributed by atoms with E-state index in [-0.39, 0.29) is 5.91 Å². The highest BCUT2D eigenvalue weighted by Gasteiger charge is 2.01. The van der Waals surface area contributed by atoms with Gasteiger partial charge < -0.3 is 15.6 Å². The Kier molecular flexibility index (Phi) is 5.64. The first-order chi connectivity index (χ1) is 7.68. The Morgan fingerprint density at radius 1 is 1.50 bits per heavy atom. The van der Waals surface area contributed by atoms with Gasteiger partial charge in [-0.05, 0) is 17.5 Å². The van der Waals surface area contributed by atoms with Crippen LogP contribution in [0, 0.1) is 5.92 Å². The number of aromatic amines is 1. The van der Waals surface area contributed by atoms with Gasteiger partial charge in [-0.2, -0.15) is 0 Å². The number of carbonyl (C=O) groups is 1. The maximum absolute atomic E-state index is 11.4. The highest BCUT2D eigenvalue weighted by atomic mass is 16.1. The summed E-state index contributed by atoms with van der Waals surface area (Å²) in [6.45, 7) is 6.46. The van der Waals surface area contributed by atoms with E-state index in [9.17, 15) is 4.79 Å². The monoisotopic (exact) mass is 223 g/mol. The standard InChI is InChI=1S/C12H21N3O/c1-10(2)7-15-12(16)4-6-14-9-11-3-5-13-8-11/h3,5,8,10,13-14H,4,6-7,9H2,1-2H3,(H,15,16). The van der Waals surface area contributed by atoms with Gasteiger partial charge in [-0.3, -0.25) is 4.79 Å². The lowest BCUT2D eigenvalue weighted by atomic mass is 10.2. The molecule has 0 aliphatic heterocycles. The van der Waals surface area contributed by atoms with Crippen molar-refractivity contribution in [3.8, 4) is 0 Å². The van der Waals surface area contributed by atoms with E-state index in [1.807, 2.05) is 18.5 Å². The molecule has 0 saturated heterocycles. The molecule has 0 atom stereocenters. The molecule has 0 aliphatic rings. The van der Waals surface area contributed by atoms with Crippen LogP contribution in [0.3, 0.4) is 0 Å². The maximum atomic E-state index is 11.4. The zero-order chi connectivity index (χ0) is 11.8. The van der Waals surface area contributed by atoms with Crippen molar-refractivity contribution in [3.63, 3.8) is 0 Å².